The average Bonchev–Trinajstić information content (AvgIpc) is 2.36. The van der Waals surface area contributed by atoms with Crippen molar-refractivity contribution in [2.45, 2.75) is 19.8 Å². The molecule has 0 bridgehead atoms. The summed E-state index contributed by atoms with van der Waals surface area (Å²) in [5, 5.41) is 3.10. The summed E-state index contributed by atoms with van der Waals surface area (Å²) >= 11 is 0. The number of aryl methyl sites for hydroxylation is 1. The highest BCUT2D eigenvalue weighted by atomic mass is 32.2. The van der Waals surface area contributed by atoms with Gasteiger partial charge in [0.15, 0.2) is 0 Å². The zero-order valence-electron chi connectivity index (χ0n) is 11.1. The van der Waals surface area contributed by atoms with Gasteiger partial charge in [0.1, 0.15) is 17.5 Å². The highest BCUT2D eigenvalue weighted by molar-refractivity contribution is 7.88. The van der Waals surface area contributed by atoms with Gasteiger partial charge in [-0.2, -0.15) is 0 Å². The molecule has 1 aromatic rings. The third-order valence-corrected chi connectivity index (χ3v) is 2.99. The van der Waals surface area contributed by atoms with Crippen molar-refractivity contribution < 1.29 is 8.42 Å². The monoisotopic (exact) mass is 288 g/mol. The molecule has 0 unspecified atom stereocenters. The number of nitrogens with two attached hydrogens (primary N) is 1. The van der Waals surface area contributed by atoms with E-state index in [9.17, 15) is 8.42 Å². The molecule has 9 heteroatoms. The Morgan fingerprint density at radius 2 is 1.95 bits per heavy atom. The van der Waals surface area contributed by atoms with Crippen molar-refractivity contribution in [3.05, 3.63) is 11.9 Å². The van der Waals surface area contributed by atoms with Gasteiger partial charge in [0.25, 0.3) is 0 Å². The normalized spacial score (nSPS) is 11.3. The summed E-state index contributed by atoms with van der Waals surface area (Å²) in [6, 6.07) is 1.70. The number of nitrogen functional groups attached to an aromatic ring is 1. The van der Waals surface area contributed by atoms with E-state index in [4.69, 9.17) is 5.84 Å². The molecule has 0 radical (unpaired) electrons. The molecule has 0 saturated carbocycles. The van der Waals surface area contributed by atoms with Crippen LogP contribution in [0.2, 0.25) is 0 Å². The maximum Gasteiger partial charge on any atom is 0.208 e. The largest absolute Gasteiger partial charge is 0.370 e. The zero-order valence-corrected chi connectivity index (χ0v) is 11.9. The Hall–Kier alpha value is -1.45. The Morgan fingerprint density at radius 1 is 1.26 bits per heavy atom. The van der Waals surface area contributed by atoms with E-state index in [-0.39, 0.29) is 0 Å². The van der Waals surface area contributed by atoms with E-state index in [0.717, 1.165) is 6.26 Å². The Balaban J connectivity index is 2.44. The van der Waals surface area contributed by atoms with Crippen molar-refractivity contribution >= 4 is 21.7 Å². The van der Waals surface area contributed by atoms with E-state index < -0.39 is 10.0 Å². The standard InChI is InChI=1S/C10H20N6O2S/c1-3-8-14-9(7-10(15-8)16-11)12-5-4-6-13-19(2,17)18/h7,13H,3-6,11H2,1-2H3,(H2,12,14,15,16). The summed E-state index contributed by atoms with van der Waals surface area (Å²) in [4.78, 5) is 8.46. The van der Waals surface area contributed by atoms with Crippen LogP contribution < -0.4 is 21.3 Å². The predicted molar refractivity (Wildman–Crippen MR) is 75.2 cm³/mol. The molecule has 0 atom stereocenters. The van der Waals surface area contributed by atoms with Gasteiger partial charge in [-0.25, -0.2) is 29.0 Å². The maximum atomic E-state index is 10.9. The Morgan fingerprint density at radius 3 is 2.53 bits per heavy atom. The van der Waals surface area contributed by atoms with Gasteiger partial charge in [-0.05, 0) is 6.42 Å². The SMILES string of the molecule is CCc1nc(NN)cc(NCCCNS(C)(=O)=O)n1. The van der Waals surface area contributed by atoms with Gasteiger partial charge in [0.2, 0.25) is 10.0 Å². The lowest BCUT2D eigenvalue weighted by Gasteiger charge is -2.09. The molecule has 0 saturated heterocycles. The minimum absolute atomic E-state index is 0.388. The van der Waals surface area contributed by atoms with Crippen molar-refractivity contribution in [1.82, 2.24) is 14.7 Å². The minimum atomic E-state index is -3.12. The van der Waals surface area contributed by atoms with Crippen LogP contribution in [-0.2, 0) is 16.4 Å². The van der Waals surface area contributed by atoms with Gasteiger partial charge < -0.3 is 10.7 Å². The summed E-state index contributed by atoms with van der Waals surface area (Å²) in [5.74, 6) is 7.22. The fraction of sp³-hybridized carbons (Fsp3) is 0.600. The predicted octanol–water partition coefficient (Wildman–Crippen LogP) is -0.324. The lowest BCUT2D eigenvalue weighted by Crippen LogP contribution is -2.24. The van der Waals surface area contributed by atoms with Crippen molar-refractivity contribution in [3.63, 3.8) is 0 Å². The summed E-state index contributed by atoms with van der Waals surface area (Å²) in [6.07, 6.45) is 2.50. The molecular weight excluding hydrogens is 268 g/mol. The van der Waals surface area contributed by atoms with Gasteiger partial charge in [-0.15, -0.1) is 0 Å². The first-order valence-corrected chi connectivity index (χ1v) is 7.87. The molecule has 108 valence electrons. The highest BCUT2D eigenvalue weighted by Gasteiger charge is 2.03. The molecule has 0 amide bonds. The molecule has 19 heavy (non-hydrogen) atoms. The lowest BCUT2D eigenvalue weighted by atomic mass is 10.4. The van der Waals surface area contributed by atoms with Crippen LogP contribution >= 0.6 is 0 Å². The van der Waals surface area contributed by atoms with E-state index in [2.05, 4.69) is 25.4 Å². The molecule has 0 aliphatic heterocycles. The molecule has 5 N–H and O–H groups in total. The van der Waals surface area contributed by atoms with E-state index in [1.165, 1.54) is 0 Å². The smallest absolute Gasteiger partial charge is 0.208 e. The van der Waals surface area contributed by atoms with Crippen molar-refractivity contribution in [2.24, 2.45) is 5.84 Å². The number of aromatic nitrogens is 2. The quantitative estimate of drug-likeness (QED) is 0.293. The molecule has 0 spiro atoms. The molecule has 0 aliphatic carbocycles. The molecular formula is C10H20N6O2S. The fourth-order valence-corrected chi connectivity index (χ4v) is 1.90. The van der Waals surface area contributed by atoms with Crippen LogP contribution in [0.15, 0.2) is 6.07 Å². The number of hydrazine groups is 1. The molecule has 0 aromatic carbocycles. The highest BCUT2D eigenvalue weighted by Crippen LogP contribution is 2.10. The van der Waals surface area contributed by atoms with E-state index in [0.29, 0.717) is 43.4 Å². The average molecular weight is 288 g/mol. The number of nitrogens with one attached hydrogen (secondary N) is 3. The maximum absolute atomic E-state index is 10.9. The van der Waals surface area contributed by atoms with Crippen LogP contribution in [0.5, 0.6) is 0 Å². The molecule has 0 fully saturated rings. The molecule has 1 heterocycles. The topological polar surface area (TPSA) is 122 Å². The van der Waals surface area contributed by atoms with Crippen LogP contribution in [0.3, 0.4) is 0 Å². The summed E-state index contributed by atoms with van der Waals surface area (Å²) in [6.45, 7) is 2.95. The first-order valence-electron chi connectivity index (χ1n) is 5.97. The van der Waals surface area contributed by atoms with Crippen LogP contribution in [0, 0.1) is 0 Å². The second kappa shape index (κ2) is 7.22. The number of sulfonamides is 1. The molecule has 1 rings (SSSR count). The summed E-state index contributed by atoms with van der Waals surface area (Å²) in [7, 11) is -3.12. The van der Waals surface area contributed by atoms with Crippen LogP contribution in [0.1, 0.15) is 19.2 Å². The van der Waals surface area contributed by atoms with E-state index in [1.807, 2.05) is 6.92 Å². The van der Waals surface area contributed by atoms with Gasteiger partial charge >= 0.3 is 0 Å². The second-order valence-corrected chi connectivity index (χ2v) is 5.83. The van der Waals surface area contributed by atoms with Gasteiger partial charge in [0, 0.05) is 25.6 Å². The van der Waals surface area contributed by atoms with Crippen molar-refractivity contribution in [1.29, 1.82) is 0 Å². The lowest BCUT2D eigenvalue weighted by molar-refractivity contribution is 0.586. The van der Waals surface area contributed by atoms with Crippen LogP contribution in [-0.4, -0.2) is 37.7 Å². The van der Waals surface area contributed by atoms with Crippen LogP contribution in [0.25, 0.3) is 0 Å². The van der Waals surface area contributed by atoms with Crippen molar-refractivity contribution in [2.75, 3.05) is 30.1 Å². The minimum Gasteiger partial charge on any atom is -0.370 e. The molecule has 1 aromatic heterocycles. The second-order valence-electron chi connectivity index (χ2n) is 4.00. The first kappa shape index (κ1) is 15.6. The van der Waals surface area contributed by atoms with Gasteiger partial charge in [-0.1, -0.05) is 6.92 Å². The summed E-state index contributed by atoms with van der Waals surface area (Å²) in [5.41, 5.74) is 2.48. The number of hydrogen-bond acceptors (Lipinski definition) is 7. The fourth-order valence-electron chi connectivity index (χ4n) is 1.38. The Bertz CT molecular complexity index is 482. The summed E-state index contributed by atoms with van der Waals surface area (Å²) < 4.78 is 24.1. The van der Waals surface area contributed by atoms with Crippen LogP contribution in [0.4, 0.5) is 11.6 Å². The number of anilines is 2. The number of hydrogen-bond donors (Lipinski definition) is 4. The Kier molecular flexibility index (Phi) is 5.93. The molecule has 8 nitrogen and oxygen atoms in total. The number of nitrogens with zero attached hydrogens (tertiary/aromatic N) is 2. The van der Waals surface area contributed by atoms with Gasteiger partial charge in [0.05, 0.1) is 6.26 Å². The third-order valence-electron chi connectivity index (χ3n) is 2.26. The first-order chi connectivity index (χ1) is 8.94. The zero-order chi connectivity index (χ0) is 14.3. The third kappa shape index (κ3) is 6.32. The Labute approximate surface area is 113 Å². The van der Waals surface area contributed by atoms with Gasteiger partial charge in [-0.3, -0.25) is 0 Å². The molecule has 0 aliphatic rings. The van der Waals surface area contributed by atoms with Crippen molar-refractivity contribution in [3.8, 4) is 0 Å². The van der Waals surface area contributed by atoms with E-state index >= 15 is 0 Å². The number of rotatable bonds is 8. The van der Waals surface area contributed by atoms with E-state index in [1.54, 1.807) is 6.07 Å².